The van der Waals surface area contributed by atoms with E-state index in [0.29, 0.717) is 18.3 Å². The molecule has 0 atom stereocenters. The molecule has 0 bridgehead atoms. The van der Waals surface area contributed by atoms with E-state index in [9.17, 15) is 27.2 Å². The molecule has 9 heteroatoms. The van der Waals surface area contributed by atoms with Crippen molar-refractivity contribution in [2.45, 2.75) is 6.43 Å². The third-order valence-corrected chi connectivity index (χ3v) is 3.13. The SMILES string of the molecule is O=C(O)c1cc(F)c(C=NNC(=O)c2ccccc2C(F)F)c(F)c1. The number of hydrazone groups is 1. The van der Waals surface area contributed by atoms with Crippen molar-refractivity contribution in [2.24, 2.45) is 5.10 Å². The molecule has 0 saturated carbocycles. The Labute approximate surface area is 138 Å². The highest BCUT2D eigenvalue weighted by Crippen LogP contribution is 2.22. The molecule has 0 aliphatic heterocycles. The first-order valence-corrected chi connectivity index (χ1v) is 6.74. The summed E-state index contributed by atoms with van der Waals surface area (Å²) >= 11 is 0. The highest BCUT2D eigenvalue weighted by atomic mass is 19.3. The van der Waals surface area contributed by atoms with Gasteiger partial charge in [0.05, 0.1) is 22.9 Å². The molecular weight excluding hydrogens is 344 g/mol. The zero-order valence-corrected chi connectivity index (χ0v) is 12.3. The van der Waals surface area contributed by atoms with Crippen LogP contribution < -0.4 is 5.43 Å². The normalized spacial score (nSPS) is 11.1. The average molecular weight is 354 g/mol. The van der Waals surface area contributed by atoms with Crippen LogP contribution in [0.1, 0.15) is 38.3 Å². The number of amides is 1. The summed E-state index contributed by atoms with van der Waals surface area (Å²) in [5.41, 5.74) is -0.253. The molecule has 2 aromatic carbocycles. The Morgan fingerprint density at radius 3 is 2.28 bits per heavy atom. The fraction of sp³-hybridized carbons (Fsp3) is 0.0625. The van der Waals surface area contributed by atoms with Crippen LogP contribution in [0.5, 0.6) is 0 Å². The van der Waals surface area contributed by atoms with Gasteiger partial charge in [0.25, 0.3) is 12.3 Å². The molecule has 0 fully saturated rings. The van der Waals surface area contributed by atoms with Gasteiger partial charge in [0, 0.05) is 5.56 Å². The first-order chi connectivity index (χ1) is 11.8. The van der Waals surface area contributed by atoms with Gasteiger partial charge in [0.2, 0.25) is 0 Å². The molecule has 0 heterocycles. The molecule has 5 nitrogen and oxygen atoms in total. The Hall–Kier alpha value is -3.23. The summed E-state index contributed by atoms with van der Waals surface area (Å²) in [5, 5.41) is 12.0. The Bertz CT molecular complexity index is 830. The molecule has 1 amide bonds. The summed E-state index contributed by atoms with van der Waals surface area (Å²) in [6.07, 6.45) is -2.27. The van der Waals surface area contributed by atoms with Gasteiger partial charge in [-0.2, -0.15) is 5.10 Å². The second kappa shape index (κ2) is 7.56. The first-order valence-electron chi connectivity index (χ1n) is 6.74. The molecule has 2 rings (SSSR count). The predicted molar refractivity (Wildman–Crippen MR) is 79.8 cm³/mol. The Kier molecular flexibility index (Phi) is 5.48. The molecule has 130 valence electrons. The van der Waals surface area contributed by atoms with E-state index in [-0.39, 0.29) is 5.56 Å². The number of nitrogens with one attached hydrogen (secondary N) is 1. The molecule has 0 aliphatic carbocycles. The number of aromatic carboxylic acids is 1. The zero-order chi connectivity index (χ0) is 18.6. The molecule has 0 aliphatic rings. The highest BCUT2D eigenvalue weighted by molar-refractivity contribution is 5.96. The zero-order valence-electron chi connectivity index (χ0n) is 12.3. The van der Waals surface area contributed by atoms with Crippen LogP contribution in [0.3, 0.4) is 0 Å². The highest BCUT2D eigenvalue weighted by Gasteiger charge is 2.17. The van der Waals surface area contributed by atoms with Crippen LogP contribution in [0, 0.1) is 11.6 Å². The number of carbonyl (C=O) groups excluding carboxylic acids is 1. The van der Waals surface area contributed by atoms with Gasteiger partial charge in [0.15, 0.2) is 0 Å². The molecule has 25 heavy (non-hydrogen) atoms. The number of hydrogen-bond acceptors (Lipinski definition) is 3. The van der Waals surface area contributed by atoms with E-state index >= 15 is 0 Å². The smallest absolute Gasteiger partial charge is 0.335 e. The minimum absolute atomic E-state index is 0.336. The summed E-state index contributed by atoms with van der Waals surface area (Å²) < 4.78 is 53.0. The number of carbonyl (C=O) groups is 2. The number of hydrogen-bond donors (Lipinski definition) is 2. The van der Waals surface area contributed by atoms with Crippen molar-refractivity contribution in [3.8, 4) is 0 Å². The van der Waals surface area contributed by atoms with Gasteiger partial charge in [-0.1, -0.05) is 18.2 Å². The van der Waals surface area contributed by atoms with Crippen molar-refractivity contribution in [3.05, 3.63) is 70.3 Å². The lowest BCUT2D eigenvalue weighted by atomic mass is 10.1. The van der Waals surface area contributed by atoms with Gasteiger partial charge in [0.1, 0.15) is 11.6 Å². The monoisotopic (exact) mass is 354 g/mol. The van der Waals surface area contributed by atoms with E-state index in [2.05, 4.69) is 5.10 Å². The van der Waals surface area contributed by atoms with Crippen LogP contribution >= 0.6 is 0 Å². The standard InChI is InChI=1S/C16H10F4N2O3/c17-12-5-8(16(24)25)6-13(18)11(12)7-21-22-15(23)10-4-2-1-3-9(10)14(19)20/h1-7,14H,(H,22,23)(H,24,25). The first kappa shape index (κ1) is 18.1. The summed E-state index contributed by atoms with van der Waals surface area (Å²) in [4.78, 5) is 22.5. The lowest BCUT2D eigenvalue weighted by Crippen LogP contribution is -2.19. The largest absolute Gasteiger partial charge is 0.478 e. The fourth-order valence-corrected chi connectivity index (χ4v) is 1.94. The van der Waals surface area contributed by atoms with E-state index in [1.165, 1.54) is 12.1 Å². The molecular formula is C16H10F4N2O3. The van der Waals surface area contributed by atoms with Crippen molar-refractivity contribution >= 4 is 18.1 Å². The van der Waals surface area contributed by atoms with Gasteiger partial charge >= 0.3 is 5.97 Å². The second-order valence-electron chi connectivity index (χ2n) is 4.75. The third-order valence-electron chi connectivity index (χ3n) is 3.13. The number of halogens is 4. The van der Waals surface area contributed by atoms with Crippen LogP contribution in [0.15, 0.2) is 41.5 Å². The van der Waals surface area contributed by atoms with Gasteiger partial charge in [-0.15, -0.1) is 0 Å². The van der Waals surface area contributed by atoms with E-state index < -0.39 is 46.6 Å². The minimum Gasteiger partial charge on any atom is -0.478 e. The topological polar surface area (TPSA) is 78.8 Å². The van der Waals surface area contributed by atoms with E-state index in [4.69, 9.17) is 5.11 Å². The van der Waals surface area contributed by atoms with Crippen LogP contribution in [-0.2, 0) is 0 Å². The summed E-state index contributed by atoms with van der Waals surface area (Å²) in [5.74, 6) is -4.92. The summed E-state index contributed by atoms with van der Waals surface area (Å²) in [7, 11) is 0. The Morgan fingerprint density at radius 1 is 1.12 bits per heavy atom. The lowest BCUT2D eigenvalue weighted by molar-refractivity contribution is 0.0695. The van der Waals surface area contributed by atoms with Crippen molar-refractivity contribution < 1.29 is 32.3 Å². The predicted octanol–water partition coefficient (Wildman–Crippen LogP) is 3.36. The minimum atomic E-state index is -2.88. The maximum atomic E-state index is 13.7. The summed E-state index contributed by atoms with van der Waals surface area (Å²) in [6, 6.07) is 6.08. The maximum absolute atomic E-state index is 13.7. The fourth-order valence-electron chi connectivity index (χ4n) is 1.94. The van der Waals surface area contributed by atoms with E-state index in [0.717, 1.165) is 12.1 Å². The Balaban J connectivity index is 2.19. The van der Waals surface area contributed by atoms with Crippen LogP contribution in [0.25, 0.3) is 0 Å². The lowest BCUT2D eigenvalue weighted by Gasteiger charge is -2.06. The van der Waals surface area contributed by atoms with E-state index in [1.807, 2.05) is 5.43 Å². The van der Waals surface area contributed by atoms with Gasteiger partial charge in [-0.25, -0.2) is 27.8 Å². The van der Waals surface area contributed by atoms with Crippen LogP contribution in [0.2, 0.25) is 0 Å². The van der Waals surface area contributed by atoms with Crippen molar-refractivity contribution in [1.29, 1.82) is 0 Å². The van der Waals surface area contributed by atoms with Gasteiger partial charge < -0.3 is 5.11 Å². The molecule has 0 radical (unpaired) electrons. The van der Waals surface area contributed by atoms with Crippen molar-refractivity contribution in [2.75, 3.05) is 0 Å². The number of alkyl halides is 2. The molecule has 2 N–H and O–H groups in total. The van der Waals surface area contributed by atoms with Crippen molar-refractivity contribution in [3.63, 3.8) is 0 Å². The van der Waals surface area contributed by atoms with Gasteiger partial charge in [-0.3, -0.25) is 4.79 Å². The Morgan fingerprint density at radius 2 is 1.72 bits per heavy atom. The number of benzene rings is 2. The molecule has 0 aromatic heterocycles. The number of carboxylic acids is 1. The molecule has 2 aromatic rings. The molecule has 0 spiro atoms. The molecule has 0 saturated heterocycles. The second-order valence-corrected chi connectivity index (χ2v) is 4.75. The maximum Gasteiger partial charge on any atom is 0.335 e. The molecule has 0 unspecified atom stereocenters. The van der Waals surface area contributed by atoms with Crippen LogP contribution in [-0.4, -0.2) is 23.2 Å². The number of rotatable bonds is 5. The quantitative estimate of drug-likeness (QED) is 0.491. The average Bonchev–Trinajstić information content (AvgIpc) is 2.56. The third kappa shape index (κ3) is 4.19. The van der Waals surface area contributed by atoms with Crippen molar-refractivity contribution in [1.82, 2.24) is 5.43 Å². The number of nitrogens with zero attached hydrogens (tertiary/aromatic N) is 1. The van der Waals surface area contributed by atoms with E-state index in [1.54, 1.807) is 0 Å². The van der Waals surface area contributed by atoms with Crippen LogP contribution in [0.4, 0.5) is 17.6 Å². The number of carboxylic acid groups (broad SMARTS) is 1. The summed E-state index contributed by atoms with van der Waals surface area (Å²) in [6.45, 7) is 0. The van der Waals surface area contributed by atoms with Gasteiger partial charge in [-0.05, 0) is 18.2 Å².